The van der Waals surface area contributed by atoms with Crippen LogP contribution in [0.25, 0.3) is 0 Å². The first-order chi connectivity index (χ1) is 14.2. The molecule has 172 valence electrons. The zero-order valence-corrected chi connectivity index (χ0v) is 21.5. The van der Waals surface area contributed by atoms with Gasteiger partial charge in [0.25, 0.3) is 0 Å². The van der Waals surface area contributed by atoms with Crippen molar-refractivity contribution < 1.29 is 0 Å². The molecule has 0 aromatic carbocycles. The van der Waals surface area contributed by atoms with Crippen molar-refractivity contribution >= 4 is 0 Å². The first kappa shape index (κ1) is 22.9. The van der Waals surface area contributed by atoms with Gasteiger partial charge in [0.05, 0.1) is 0 Å². The standard InChI is InChI=1S/C30H52/c1-20(2)9-8-10-22(5)26-13-14-27-25-12-11-24-19-23(21(3)4)15-17-29(24,6)28(25)16-18-30(26,27)7/h11,20-23,25-28H,8-10,12-19H2,1-7H3/t22-,23?,25-,26+,27-,28-,29-,30+/m0/s1. The van der Waals surface area contributed by atoms with Crippen LogP contribution in [0.15, 0.2) is 11.6 Å². The molecule has 3 fully saturated rings. The van der Waals surface area contributed by atoms with Crippen molar-refractivity contribution in [1.29, 1.82) is 0 Å². The second-order valence-corrected chi connectivity index (χ2v) is 13.5. The van der Waals surface area contributed by atoms with Crippen LogP contribution in [0.4, 0.5) is 0 Å². The molecule has 4 rings (SSSR count). The van der Waals surface area contributed by atoms with Crippen molar-refractivity contribution in [2.45, 2.75) is 119 Å². The Morgan fingerprint density at radius 2 is 1.67 bits per heavy atom. The maximum Gasteiger partial charge on any atom is -0.00851 e. The van der Waals surface area contributed by atoms with Crippen LogP contribution in [0, 0.1) is 58.2 Å². The van der Waals surface area contributed by atoms with Crippen molar-refractivity contribution in [2.75, 3.05) is 0 Å². The van der Waals surface area contributed by atoms with Gasteiger partial charge in [0, 0.05) is 0 Å². The van der Waals surface area contributed by atoms with Crippen LogP contribution in [0.3, 0.4) is 0 Å². The molecule has 4 aliphatic carbocycles. The van der Waals surface area contributed by atoms with E-state index in [4.69, 9.17) is 0 Å². The minimum Gasteiger partial charge on any atom is -0.0845 e. The van der Waals surface area contributed by atoms with Crippen molar-refractivity contribution in [3.8, 4) is 0 Å². The van der Waals surface area contributed by atoms with Crippen LogP contribution in [0.1, 0.15) is 119 Å². The monoisotopic (exact) mass is 412 g/mol. The maximum atomic E-state index is 2.78. The summed E-state index contributed by atoms with van der Waals surface area (Å²) in [5, 5.41) is 0. The average molecular weight is 413 g/mol. The Kier molecular flexibility index (Phi) is 6.56. The highest BCUT2D eigenvalue weighted by molar-refractivity contribution is 5.25. The van der Waals surface area contributed by atoms with Crippen molar-refractivity contribution in [3.05, 3.63) is 11.6 Å². The molecule has 4 aliphatic rings. The van der Waals surface area contributed by atoms with E-state index in [1.807, 2.05) is 5.57 Å². The molecule has 0 aliphatic heterocycles. The van der Waals surface area contributed by atoms with E-state index >= 15 is 0 Å². The molecule has 0 radical (unpaired) electrons. The highest BCUT2D eigenvalue weighted by atomic mass is 14.6. The molecule has 1 unspecified atom stereocenters. The zero-order chi connectivity index (χ0) is 21.7. The Morgan fingerprint density at radius 1 is 0.900 bits per heavy atom. The third-order valence-corrected chi connectivity index (χ3v) is 11.3. The fourth-order valence-electron chi connectivity index (χ4n) is 9.28. The predicted molar refractivity (Wildman–Crippen MR) is 131 cm³/mol. The molecule has 0 saturated heterocycles. The number of allylic oxidation sites excluding steroid dienone is 2. The van der Waals surface area contributed by atoms with Crippen LogP contribution in [0.5, 0.6) is 0 Å². The summed E-state index contributed by atoms with van der Waals surface area (Å²) in [4.78, 5) is 0. The summed E-state index contributed by atoms with van der Waals surface area (Å²) >= 11 is 0. The Morgan fingerprint density at radius 3 is 2.37 bits per heavy atom. The topological polar surface area (TPSA) is 0 Å². The summed E-state index contributed by atoms with van der Waals surface area (Å²) in [7, 11) is 0. The molecule has 8 atom stereocenters. The van der Waals surface area contributed by atoms with Gasteiger partial charge in [0.1, 0.15) is 0 Å². The first-order valence-corrected chi connectivity index (χ1v) is 13.9. The van der Waals surface area contributed by atoms with Gasteiger partial charge in [-0.2, -0.15) is 0 Å². The smallest absolute Gasteiger partial charge is 0.00851 e. The van der Waals surface area contributed by atoms with Gasteiger partial charge in [-0.15, -0.1) is 0 Å². The summed E-state index contributed by atoms with van der Waals surface area (Å²) < 4.78 is 0. The van der Waals surface area contributed by atoms with Gasteiger partial charge in [-0.1, -0.05) is 79.4 Å². The van der Waals surface area contributed by atoms with E-state index in [2.05, 4.69) is 54.5 Å². The molecule has 0 spiro atoms. The normalized spacial score (nSPS) is 44.4. The molecule has 0 nitrogen and oxygen atoms in total. The molecular weight excluding hydrogens is 360 g/mol. The third kappa shape index (κ3) is 3.85. The van der Waals surface area contributed by atoms with E-state index in [0.717, 1.165) is 47.3 Å². The lowest BCUT2D eigenvalue weighted by Gasteiger charge is -2.59. The Labute approximate surface area is 189 Å². The van der Waals surface area contributed by atoms with Crippen LogP contribution < -0.4 is 0 Å². The van der Waals surface area contributed by atoms with E-state index in [-0.39, 0.29) is 0 Å². The van der Waals surface area contributed by atoms with Gasteiger partial charge in [-0.05, 0) is 110 Å². The lowest BCUT2D eigenvalue weighted by Crippen LogP contribution is -2.50. The number of fused-ring (bicyclic) bond motifs is 5. The molecule has 0 heterocycles. The summed E-state index contributed by atoms with van der Waals surface area (Å²) in [5.41, 5.74) is 3.06. The number of rotatable bonds is 6. The van der Waals surface area contributed by atoms with Gasteiger partial charge in [0.2, 0.25) is 0 Å². The van der Waals surface area contributed by atoms with Gasteiger partial charge in [-0.25, -0.2) is 0 Å². The van der Waals surface area contributed by atoms with Crippen molar-refractivity contribution in [2.24, 2.45) is 58.2 Å². The van der Waals surface area contributed by atoms with E-state index in [1.54, 1.807) is 0 Å². The highest BCUT2D eigenvalue weighted by Crippen LogP contribution is 2.67. The number of hydrogen-bond donors (Lipinski definition) is 0. The summed E-state index contributed by atoms with van der Waals surface area (Å²) in [5.74, 6) is 7.57. The second-order valence-electron chi connectivity index (χ2n) is 13.5. The summed E-state index contributed by atoms with van der Waals surface area (Å²) in [6.45, 7) is 17.7. The van der Waals surface area contributed by atoms with Crippen LogP contribution >= 0.6 is 0 Å². The Hall–Kier alpha value is -0.260. The van der Waals surface area contributed by atoms with Gasteiger partial charge >= 0.3 is 0 Å². The quantitative estimate of drug-likeness (QED) is 0.381. The minimum absolute atomic E-state index is 0.538. The average Bonchev–Trinajstić information content (AvgIpc) is 3.04. The SMILES string of the molecule is CC(C)CCC[C@H](C)[C@H]1CC[C@H]2[C@@H]3CC=C4CC(C(C)C)CC[C@]4(C)[C@H]3CC[C@]12C. The molecule has 0 heteroatoms. The second kappa shape index (κ2) is 8.59. The Bertz CT molecular complexity index is 626. The van der Waals surface area contributed by atoms with E-state index < -0.39 is 0 Å². The molecule has 0 bridgehead atoms. The van der Waals surface area contributed by atoms with E-state index in [9.17, 15) is 0 Å². The fourth-order valence-corrected chi connectivity index (χ4v) is 9.28. The van der Waals surface area contributed by atoms with E-state index in [1.165, 1.54) is 70.6 Å². The molecular formula is C30H52. The maximum absolute atomic E-state index is 2.78. The third-order valence-electron chi connectivity index (χ3n) is 11.3. The molecule has 0 amide bonds. The molecule has 30 heavy (non-hydrogen) atoms. The van der Waals surface area contributed by atoms with Gasteiger partial charge < -0.3 is 0 Å². The zero-order valence-electron chi connectivity index (χ0n) is 21.5. The van der Waals surface area contributed by atoms with Crippen LogP contribution in [-0.4, -0.2) is 0 Å². The predicted octanol–water partition coefficient (Wildman–Crippen LogP) is 9.30. The van der Waals surface area contributed by atoms with Crippen LogP contribution in [-0.2, 0) is 0 Å². The first-order valence-electron chi connectivity index (χ1n) is 13.9. The Balaban J connectivity index is 1.48. The van der Waals surface area contributed by atoms with E-state index in [0.29, 0.717) is 10.8 Å². The molecule has 0 aromatic heterocycles. The van der Waals surface area contributed by atoms with Gasteiger partial charge in [0.15, 0.2) is 0 Å². The van der Waals surface area contributed by atoms with Gasteiger partial charge in [-0.3, -0.25) is 0 Å². The lowest BCUT2D eigenvalue weighted by molar-refractivity contribution is -0.0538. The van der Waals surface area contributed by atoms with Crippen molar-refractivity contribution in [3.63, 3.8) is 0 Å². The molecule has 0 aromatic rings. The van der Waals surface area contributed by atoms with Crippen LogP contribution in [0.2, 0.25) is 0 Å². The largest absolute Gasteiger partial charge is 0.0845 e. The summed E-state index contributed by atoms with van der Waals surface area (Å²) in [6.07, 6.45) is 19.0. The highest BCUT2D eigenvalue weighted by Gasteiger charge is 2.59. The minimum atomic E-state index is 0.538. The summed E-state index contributed by atoms with van der Waals surface area (Å²) in [6, 6.07) is 0. The lowest BCUT2D eigenvalue weighted by atomic mass is 9.46. The number of hydrogen-bond acceptors (Lipinski definition) is 0. The fraction of sp³-hybridized carbons (Fsp3) is 0.933. The van der Waals surface area contributed by atoms with Crippen molar-refractivity contribution in [1.82, 2.24) is 0 Å². The molecule has 3 saturated carbocycles. The molecule has 0 N–H and O–H groups in total.